The lowest BCUT2D eigenvalue weighted by molar-refractivity contribution is -0.162. The van der Waals surface area contributed by atoms with Gasteiger partial charge in [-0.2, -0.15) is 8.42 Å². The maximum Gasteiger partial charge on any atom is 0.297 e. The molecule has 2 aliphatic heterocycles. The first-order valence-electron chi connectivity index (χ1n) is 12.8. The Labute approximate surface area is 237 Å². The number of rotatable bonds is 10. The highest BCUT2D eigenvalue weighted by atomic mass is 32.2. The van der Waals surface area contributed by atoms with Crippen LogP contribution in [0.25, 0.3) is 0 Å². The van der Waals surface area contributed by atoms with Crippen molar-refractivity contribution in [1.29, 1.82) is 0 Å². The molecular formula is C29H31NO10S. The standard InChI is InChI=1S/C29H31NO10S/c1-5-6-12-21(31)23(40-41(36,37)20-15-13-17(2)14-16-20)22-18(3)24(32)28(39-22)26(34)29(38-4,30-27(28)35)25(33)19-10-8-7-9-11-19/h6-16,21,23,26,31,34H,5H2,1-4H3,(H,30,35)/b12-6-/t21-,23-,26+,28+,29+/m0/s1. The van der Waals surface area contributed by atoms with Crippen LogP contribution in [0.2, 0.25) is 0 Å². The number of ketones is 2. The van der Waals surface area contributed by atoms with Crippen molar-refractivity contribution in [2.45, 2.75) is 61.7 Å². The second-order valence-corrected chi connectivity index (χ2v) is 11.3. The second kappa shape index (κ2) is 11.3. The molecule has 0 unspecified atom stereocenters. The number of aliphatic hydroxyl groups excluding tert-OH is 2. The summed E-state index contributed by atoms with van der Waals surface area (Å²) in [7, 11) is -3.45. The summed E-state index contributed by atoms with van der Waals surface area (Å²) in [6.07, 6.45) is -2.39. The van der Waals surface area contributed by atoms with E-state index in [4.69, 9.17) is 13.7 Å². The maximum absolute atomic E-state index is 13.7. The van der Waals surface area contributed by atoms with Gasteiger partial charge in [0.2, 0.25) is 17.3 Å². The molecule has 1 spiro atoms. The number of aliphatic hydroxyl groups is 2. The van der Waals surface area contributed by atoms with Crippen LogP contribution < -0.4 is 5.32 Å². The molecule has 3 N–H and O–H groups in total. The summed E-state index contributed by atoms with van der Waals surface area (Å²) >= 11 is 0. The smallest absolute Gasteiger partial charge is 0.297 e. The number of Topliss-reactive ketones (excluding diaryl/α,β-unsaturated/α-hetero) is 2. The number of methoxy groups -OCH3 is 1. The van der Waals surface area contributed by atoms with Crippen LogP contribution in [0.4, 0.5) is 0 Å². The third-order valence-electron chi connectivity index (χ3n) is 7.10. The van der Waals surface area contributed by atoms with Crippen molar-refractivity contribution in [2.24, 2.45) is 0 Å². The first kappa shape index (κ1) is 30.3. The number of amides is 1. The fourth-order valence-electron chi connectivity index (χ4n) is 4.80. The van der Waals surface area contributed by atoms with E-state index in [1.165, 1.54) is 37.3 Å². The molecule has 4 rings (SSSR count). The minimum absolute atomic E-state index is 0.0756. The van der Waals surface area contributed by atoms with Crippen molar-refractivity contribution in [1.82, 2.24) is 5.32 Å². The predicted molar refractivity (Wildman–Crippen MR) is 145 cm³/mol. The zero-order valence-corrected chi connectivity index (χ0v) is 23.7. The van der Waals surface area contributed by atoms with E-state index in [1.807, 2.05) is 0 Å². The number of benzene rings is 2. The first-order valence-corrected chi connectivity index (χ1v) is 14.2. The van der Waals surface area contributed by atoms with E-state index >= 15 is 0 Å². The second-order valence-electron chi connectivity index (χ2n) is 9.76. The molecule has 41 heavy (non-hydrogen) atoms. The van der Waals surface area contributed by atoms with E-state index in [-0.39, 0.29) is 16.0 Å². The van der Waals surface area contributed by atoms with E-state index < -0.39 is 63.0 Å². The quantitative estimate of drug-likeness (QED) is 0.162. The lowest BCUT2D eigenvalue weighted by atomic mass is 9.85. The fourth-order valence-corrected chi connectivity index (χ4v) is 5.85. The molecule has 0 aliphatic carbocycles. The Bertz CT molecular complexity index is 1520. The average molecular weight is 586 g/mol. The van der Waals surface area contributed by atoms with Crippen LogP contribution in [0.1, 0.15) is 36.2 Å². The first-order chi connectivity index (χ1) is 19.4. The normalized spacial score (nSPS) is 26.0. The van der Waals surface area contributed by atoms with Crippen molar-refractivity contribution >= 4 is 27.6 Å². The molecule has 0 aromatic heterocycles. The number of hydrogen-bond acceptors (Lipinski definition) is 10. The maximum atomic E-state index is 13.7. The van der Waals surface area contributed by atoms with Gasteiger partial charge in [0.1, 0.15) is 11.9 Å². The fraction of sp³-hybridized carbons (Fsp3) is 0.345. The van der Waals surface area contributed by atoms with Gasteiger partial charge in [-0.25, -0.2) is 0 Å². The van der Waals surface area contributed by atoms with E-state index in [0.717, 1.165) is 12.7 Å². The molecular weight excluding hydrogens is 554 g/mol. The molecule has 0 saturated carbocycles. The molecule has 1 saturated heterocycles. The van der Waals surface area contributed by atoms with E-state index in [0.29, 0.717) is 6.42 Å². The number of ether oxygens (including phenoxy) is 2. The largest absolute Gasteiger partial charge is 0.467 e. The van der Waals surface area contributed by atoms with Gasteiger partial charge in [0, 0.05) is 18.2 Å². The van der Waals surface area contributed by atoms with E-state index in [9.17, 15) is 33.0 Å². The van der Waals surface area contributed by atoms with Crippen LogP contribution in [0.15, 0.2) is 83.0 Å². The van der Waals surface area contributed by atoms with E-state index in [2.05, 4.69) is 5.32 Å². The molecule has 5 atom stereocenters. The topological polar surface area (TPSA) is 166 Å². The molecule has 2 aromatic rings. The SMILES string of the molecule is CC/C=C\[C@H](O)[C@H](OS(=O)(=O)c1ccc(C)cc1)C1=C(C)C(=O)[C@]2(O1)C(=O)N[C@@](OC)(C(=O)c1ccccc1)[C@@H]2O. The Kier molecular flexibility index (Phi) is 8.35. The van der Waals surface area contributed by atoms with Gasteiger partial charge >= 0.3 is 0 Å². The third kappa shape index (κ3) is 5.02. The van der Waals surface area contributed by atoms with Gasteiger partial charge in [0.05, 0.1) is 4.90 Å². The van der Waals surface area contributed by atoms with Crippen molar-refractivity contribution in [2.75, 3.05) is 7.11 Å². The Morgan fingerprint density at radius 1 is 1.12 bits per heavy atom. The summed E-state index contributed by atoms with van der Waals surface area (Å²) in [5.41, 5.74) is -4.54. The number of aryl methyl sites for hydroxylation is 1. The highest BCUT2D eigenvalue weighted by Crippen LogP contribution is 2.45. The Hall–Kier alpha value is -3.68. The van der Waals surface area contributed by atoms with Gasteiger partial charge in [-0.3, -0.25) is 18.6 Å². The van der Waals surface area contributed by atoms with Crippen LogP contribution in [0, 0.1) is 6.92 Å². The molecule has 1 amide bonds. The molecule has 2 heterocycles. The van der Waals surface area contributed by atoms with Crippen LogP contribution >= 0.6 is 0 Å². The van der Waals surface area contributed by atoms with Crippen LogP contribution in [0.5, 0.6) is 0 Å². The average Bonchev–Trinajstić information content (AvgIpc) is 3.36. The lowest BCUT2D eigenvalue weighted by Gasteiger charge is -2.32. The summed E-state index contributed by atoms with van der Waals surface area (Å²) in [5.74, 6) is -3.58. The summed E-state index contributed by atoms with van der Waals surface area (Å²) in [4.78, 5) is 40.3. The van der Waals surface area contributed by atoms with Crippen LogP contribution in [0.3, 0.4) is 0 Å². The van der Waals surface area contributed by atoms with Crippen LogP contribution in [-0.4, -0.2) is 72.9 Å². The van der Waals surface area contributed by atoms with E-state index in [1.54, 1.807) is 50.3 Å². The Morgan fingerprint density at radius 3 is 2.34 bits per heavy atom. The van der Waals surface area contributed by atoms with Gasteiger partial charge in [-0.15, -0.1) is 0 Å². The highest BCUT2D eigenvalue weighted by Gasteiger charge is 2.74. The minimum Gasteiger partial charge on any atom is -0.467 e. The number of carbonyl (C=O) groups excluding carboxylic acids is 3. The van der Waals surface area contributed by atoms with Gasteiger partial charge in [-0.1, -0.05) is 67.1 Å². The van der Waals surface area contributed by atoms with Gasteiger partial charge in [0.25, 0.3) is 21.6 Å². The van der Waals surface area contributed by atoms with Crippen molar-refractivity contribution in [3.05, 3.63) is 89.2 Å². The summed E-state index contributed by atoms with van der Waals surface area (Å²) in [5, 5.41) is 24.7. The summed E-state index contributed by atoms with van der Waals surface area (Å²) in [6.45, 7) is 4.79. The number of carbonyl (C=O) groups is 3. The monoisotopic (exact) mass is 585 g/mol. The van der Waals surface area contributed by atoms with Gasteiger partial charge in [-0.05, 0) is 32.4 Å². The van der Waals surface area contributed by atoms with Gasteiger partial charge < -0.3 is 25.0 Å². The summed E-state index contributed by atoms with van der Waals surface area (Å²) in [6, 6.07) is 13.4. The lowest BCUT2D eigenvalue weighted by Crippen LogP contribution is -2.60. The zero-order valence-electron chi connectivity index (χ0n) is 22.9. The number of nitrogens with one attached hydrogen (secondary N) is 1. The molecule has 1 fully saturated rings. The molecule has 12 heteroatoms. The number of allylic oxidation sites excluding steroid dienone is 1. The zero-order chi connectivity index (χ0) is 30.2. The Balaban J connectivity index is 1.76. The van der Waals surface area contributed by atoms with Crippen LogP contribution in [-0.2, 0) is 33.4 Å². The van der Waals surface area contributed by atoms with Crippen molar-refractivity contribution in [3.63, 3.8) is 0 Å². The Morgan fingerprint density at radius 2 is 1.76 bits per heavy atom. The van der Waals surface area contributed by atoms with Gasteiger partial charge in [0.15, 0.2) is 12.2 Å². The summed E-state index contributed by atoms with van der Waals surface area (Å²) < 4.78 is 43.0. The molecule has 11 nitrogen and oxygen atoms in total. The molecule has 2 aromatic carbocycles. The highest BCUT2D eigenvalue weighted by molar-refractivity contribution is 7.86. The van der Waals surface area contributed by atoms with Crippen molar-refractivity contribution in [3.8, 4) is 0 Å². The number of hydrogen-bond donors (Lipinski definition) is 3. The molecule has 218 valence electrons. The molecule has 0 bridgehead atoms. The predicted octanol–water partition coefficient (Wildman–Crippen LogP) is 1.72. The third-order valence-corrected chi connectivity index (χ3v) is 8.41. The van der Waals surface area contributed by atoms with Crippen molar-refractivity contribution < 1.29 is 46.7 Å². The minimum atomic E-state index is -4.52. The molecule has 2 aliphatic rings. The molecule has 0 radical (unpaired) electrons.